The zero-order chi connectivity index (χ0) is 11.8. The number of methoxy groups -OCH3 is 1. The molecule has 1 rings (SSSR count). The van der Waals surface area contributed by atoms with E-state index in [1.54, 1.807) is 7.11 Å². The molecule has 0 aliphatic rings. The first-order chi connectivity index (χ1) is 7.77. The van der Waals surface area contributed by atoms with E-state index in [0.717, 1.165) is 29.7 Å². The van der Waals surface area contributed by atoms with Gasteiger partial charge in [-0.2, -0.15) is 0 Å². The summed E-state index contributed by atoms with van der Waals surface area (Å²) in [6.07, 6.45) is 0.887. The van der Waals surface area contributed by atoms with Crippen LogP contribution >= 0.6 is 15.9 Å². The number of nitrogens with one attached hydrogen (secondary N) is 1. The highest BCUT2D eigenvalue weighted by Crippen LogP contribution is 2.22. The van der Waals surface area contributed by atoms with Gasteiger partial charge in [0.2, 0.25) is 0 Å². The molecule has 0 saturated heterocycles. The fraction of sp³-hybridized carbons (Fsp3) is 0.385. The van der Waals surface area contributed by atoms with Crippen LogP contribution in [0, 0.1) is 11.8 Å². The van der Waals surface area contributed by atoms with Crippen molar-refractivity contribution in [3.05, 3.63) is 28.2 Å². The van der Waals surface area contributed by atoms with E-state index < -0.39 is 0 Å². The van der Waals surface area contributed by atoms with Gasteiger partial charge in [-0.25, -0.2) is 0 Å². The minimum Gasteiger partial charge on any atom is -0.497 e. The van der Waals surface area contributed by atoms with Gasteiger partial charge >= 0.3 is 0 Å². The summed E-state index contributed by atoms with van der Waals surface area (Å²) >= 11 is 3.52. The molecule has 1 aromatic rings. The van der Waals surface area contributed by atoms with Crippen LogP contribution in [0.1, 0.15) is 18.9 Å². The highest BCUT2D eigenvalue weighted by atomic mass is 79.9. The molecule has 0 amide bonds. The third kappa shape index (κ3) is 4.26. The summed E-state index contributed by atoms with van der Waals surface area (Å²) in [4.78, 5) is 0. The van der Waals surface area contributed by atoms with Crippen molar-refractivity contribution in [2.24, 2.45) is 0 Å². The Labute approximate surface area is 106 Å². The molecule has 0 aliphatic carbocycles. The Morgan fingerprint density at radius 1 is 1.44 bits per heavy atom. The Bertz CT molecular complexity index is 393. The fourth-order valence-electron chi connectivity index (χ4n) is 1.31. The normalized spacial score (nSPS) is 9.44. The standard InChI is InChI=1S/C13H16BrNO/c1-3-4-5-8-15-10-11-9-12(16-2)6-7-13(11)14/h6-7,9,15H,5,8,10H2,1-2H3. The quantitative estimate of drug-likeness (QED) is 0.662. The van der Waals surface area contributed by atoms with E-state index in [2.05, 4.69) is 33.1 Å². The summed E-state index contributed by atoms with van der Waals surface area (Å²) in [7, 11) is 1.68. The average Bonchev–Trinajstić information content (AvgIpc) is 2.31. The number of halogens is 1. The minimum atomic E-state index is 0.823. The van der Waals surface area contributed by atoms with Gasteiger partial charge in [-0.15, -0.1) is 11.8 Å². The van der Waals surface area contributed by atoms with Crippen LogP contribution in [0.3, 0.4) is 0 Å². The van der Waals surface area contributed by atoms with Crippen molar-refractivity contribution in [2.45, 2.75) is 19.9 Å². The SMILES string of the molecule is CC#CCCNCc1cc(OC)ccc1Br. The largest absolute Gasteiger partial charge is 0.497 e. The molecule has 0 fully saturated rings. The number of rotatable bonds is 5. The Morgan fingerprint density at radius 2 is 2.25 bits per heavy atom. The lowest BCUT2D eigenvalue weighted by atomic mass is 10.2. The van der Waals surface area contributed by atoms with Crippen molar-refractivity contribution in [3.63, 3.8) is 0 Å². The highest BCUT2D eigenvalue weighted by molar-refractivity contribution is 9.10. The van der Waals surface area contributed by atoms with Crippen molar-refractivity contribution in [3.8, 4) is 17.6 Å². The van der Waals surface area contributed by atoms with E-state index in [4.69, 9.17) is 4.74 Å². The molecule has 0 spiro atoms. The summed E-state index contributed by atoms with van der Waals surface area (Å²) in [6, 6.07) is 5.97. The second kappa shape index (κ2) is 7.32. The summed E-state index contributed by atoms with van der Waals surface area (Å²) in [5.41, 5.74) is 1.20. The Morgan fingerprint density at radius 3 is 2.94 bits per heavy atom. The van der Waals surface area contributed by atoms with Gasteiger partial charge in [0.25, 0.3) is 0 Å². The van der Waals surface area contributed by atoms with Crippen LogP contribution in [0.25, 0.3) is 0 Å². The Hall–Kier alpha value is -0.980. The van der Waals surface area contributed by atoms with Gasteiger partial charge in [-0.1, -0.05) is 15.9 Å². The van der Waals surface area contributed by atoms with Crippen LogP contribution in [-0.2, 0) is 6.54 Å². The monoisotopic (exact) mass is 281 g/mol. The first kappa shape index (κ1) is 13.1. The molecule has 0 aromatic heterocycles. The topological polar surface area (TPSA) is 21.3 Å². The zero-order valence-corrected chi connectivity index (χ0v) is 11.2. The summed E-state index contributed by atoms with van der Waals surface area (Å²) in [5, 5.41) is 3.34. The second-order valence-corrected chi connectivity index (χ2v) is 4.17. The van der Waals surface area contributed by atoms with E-state index >= 15 is 0 Å². The van der Waals surface area contributed by atoms with Crippen LogP contribution < -0.4 is 10.1 Å². The predicted molar refractivity (Wildman–Crippen MR) is 70.5 cm³/mol. The van der Waals surface area contributed by atoms with Crippen molar-refractivity contribution in [2.75, 3.05) is 13.7 Å². The van der Waals surface area contributed by atoms with Gasteiger partial charge in [0.15, 0.2) is 0 Å². The van der Waals surface area contributed by atoms with Crippen LogP contribution in [0.4, 0.5) is 0 Å². The molecule has 0 radical (unpaired) electrons. The second-order valence-electron chi connectivity index (χ2n) is 3.31. The molecule has 0 atom stereocenters. The molecular formula is C13H16BrNO. The molecule has 0 bridgehead atoms. The number of hydrogen-bond donors (Lipinski definition) is 1. The lowest BCUT2D eigenvalue weighted by Crippen LogP contribution is -2.14. The van der Waals surface area contributed by atoms with Gasteiger partial charge in [-0.3, -0.25) is 0 Å². The molecule has 1 N–H and O–H groups in total. The van der Waals surface area contributed by atoms with Crippen molar-refractivity contribution in [1.82, 2.24) is 5.32 Å². The third-order valence-electron chi connectivity index (χ3n) is 2.17. The van der Waals surface area contributed by atoms with Crippen molar-refractivity contribution < 1.29 is 4.74 Å². The van der Waals surface area contributed by atoms with Gasteiger partial charge in [-0.05, 0) is 30.7 Å². The lowest BCUT2D eigenvalue weighted by Gasteiger charge is -2.07. The van der Waals surface area contributed by atoms with Gasteiger partial charge in [0.05, 0.1) is 7.11 Å². The van der Waals surface area contributed by atoms with E-state index in [0.29, 0.717) is 0 Å². The van der Waals surface area contributed by atoms with E-state index in [9.17, 15) is 0 Å². The minimum absolute atomic E-state index is 0.823. The van der Waals surface area contributed by atoms with Crippen molar-refractivity contribution in [1.29, 1.82) is 0 Å². The highest BCUT2D eigenvalue weighted by Gasteiger charge is 2.01. The predicted octanol–water partition coefficient (Wildman–Crippen LogP) is 2.96. The third-order valence-corrected chi connectivity index (χ3v) is 2.95. The Kier molecular flexibility index (Phi) is 5.99. The molecule has 86 valence electrons. The molecule has 1 aromatic carbocycles. The van der Waals surface area contributed by atoms with Crippen molar-refractivity contribution >= 4 is 15.9 Å². The summed E-state index contributed by atoms with van der Waals surface area (Å²) in [5.74, 6) is 6.78. The van der Waals surface area contributed by atoms with Crippen LogP contribution in [0.5, 0.6) is 5.75 Å². The smallest absolute Gasteiger partial charge is 0.119 e. The maximum Gasteiger partial charge on any atom is 0.119 e. The van der Waals surface area contributed by atoms with Gasteiger partial charge < -0.3 is 10.1 Å². The maximum absolute atomic E-state index is 5.18. The lowest BCUT2D eigenvalue weighted by molar-refractivity contribution is 0.414. The molecule has 2 nitrogen and oxygen atoms in total. The van der Waals surface area contributed by atoms with Crippen LogP contribution in [0.15, 0.2) is 22.7 Å². The first-order valence-electron chi connectivity index (χ1n) is 5.20. The maximum atomic E-state index is 5.18. The fourth-order valence-corrected chi connectivity index (χ4v) is 1.70. The van der Waals surface area contributed by atoms with E-state index in [1.165, 1.54) is 5.56 Å². The number of ether oxygens (including phenoxy) is 1. The number of benzene rings is 1. The summed E-state index contributed by atoms with van der Waals surface area (Å²) in [6.45, 7) is 3.59. The van der Waals surface area contributed by atoms with Crippen LogP contribution in [0.2, 0.25) is 0 Å². The first-order valence-corrected chi connectivity index (χ1v) is 6.00. The molecule has 16 heavy (non-hydrogen) atoms. The summed E-state index contributed by atoms with van der Waals surface area (Å²) < 4.78 is 6.28. The average molecular weight is 282 g/mol. The van der Waals surface area contributed by atoms with Gasteiger partial charge in [0, 0.05) is 24.0 Å². The van der Waals surface area contributed by atoms with E-state index in [1.807, 2.05) is 25.1 Å². The zero-order valence-electron chi connectivity index (χ0n) is 9.64. The van der Waals surface area contributed by atoms with Crippen LogP contribution in [-0.4, -0.2) is 13.7 Å². The molecule has 3 heteroatoms. The molecular weight excluding hydrogens is 266 g/mol. The molecule has 0 saturated carbocycles. The van der Waals surface area contributed by atoms with Gasteiger partial charge in [0.1, 0.15) is 5.75 Å². The number of hydrogen-bond acceptors (Lipinski definition) is 2. The molecule has 0 heterocycles. The Balaban J connectivity index is 2.48. The molecule has 0 unspecified atom stereocenters. The molecule has 0 aliphatic heterocycles. The van der Waals surface area contributed by atoms with E-state index in [-0.39, 0.29) is 0 Å².